The van der Waals surface area contributed by atoms with Crippen LogP contribution in [0, 0.1) is 6.92 Å². The summed E-state index contributed by atoms with van der Waals surface area (Å²) >= 11 is 9.42. The number of carbonyl (C=O) groups excluding carboxylic acids is 1. The molecular formula is C15H17BrClN3O. The number of hydrogen-bond acceptors (Lipinski definition) is 3. The van der Waals surface area contributed by atoms with Crippen molar-refractivity contribution < 1.29 is 4.79 Å². The second kappa shape index (κ2) is 6.73. The first kappa shape index (κ1) is 16.2. The summed E-state index contributed by atoms with van der Waals surface area (Å²) in [4.78, 5) is 14.8. The van der Waals surface area contributed by atoms with Crippen LogP contribution in [0.2, 0.25) is 5.02 Å². The second-order valence-corrected chi connectivity index (χ2v) is 6.42. The Morgan fingerprint density at radius 3 is 2.76 bits per heavy atom. The van der Waals surface area contributed by atoms with E-state index in [9.17, 15) is 4.79 Å². The number of benzene rings is 1. The van der Waals surface area contributed by atoms with E-state index in [0.717, 1.165) is 12.1 Å². The third kappa shape index (κ3) is 3.73. The summed E-state index contributed by atoms with van der Waals surface area (Å²) < 4.78 is 2.44. The van der Waals surface area contributed by atoms with Crippen LogP contribution in [0.3, 0.4) is 0 Å². The maximum atomic E-state index is 12.7. The maximum absolute atomic E-state index is 12.7. The van der Waals surface area contributed by atoms with Gasteiger partial charge in [0.2, 0.25) is 5.78 Å². The molecule has 21 heavy (non-hydrogen) atoms. The molecule has 0 saturated heterocycles. The Bertz CT molecular complexity index is 667. The average molecular weight is 371 g/mol. The highest BCUT2D eigenvalue weighted by atomic mass is 79.9. The summed E-state index contributed by atoms with van der Waals surface area (Å²) in [6, 6.07) is 5.30. The Labute approximate surface area is 137 Å². The predicted molar refractivity (Wildman–Crippen MR) is 88.1 cm³/mol. The molecule has 0 radical (unpaired) electrons. The van der Waals surface area contributed by atoms with E-state index in [1.165, 1.54) is 0 Å². The normalized spacial score (nSPS) is 11.1. The van der Waals surface area contributed by atoms with E-state index >= 15 is 0 Å². The van der Waals surface area contributed by atoms with Gasteiger partial charge in [0.15, 0.2) is 0 Å². The van der Waals surface area contributed by atoms with Gasteiger partial charge in [-0.3, -0.25) is 9.48 Å². The number of likely N-dealkylation sites (N-methyl/N-ethyl adjacent to an activating group) is 1. The van der Waals surface area contributed by atoms with E-state index in [2.05, 4.69) is 25.9 Å². The van der Waals surface area contributed by atoms with Gasteiger partial charge in [-0.05, 0) is 60.7 Å². The molecule has 6 heteroatoms. The summed E-state index contributed by atoms with van der Waals surface area (Å²) in [5, 5.41) is 4.93. The third-order valence-electron chi connectivity index (χ3n) is 3.19. The Morgan fingerprint density at radius 1 is 1.43 bits per heavy atom. The van der Waals surface area contributed by atoms with E-state index < -0.39 is 0 Å². The van der Waals surface area contributed by atoms with E-state index in [1.807, 2.05) is 21.0 Å². The Balaban J connectivity index is 2.34. The minimum absolute atomic E-state index is 0.0575. The summed E-state index contributed by atoms with van der Waals surface area (Å²) in [6.45, 7) is 3.36. The molecule has 2 aromatic rings. The molecule has 0 atom stereocenters. The highest BCUT2D eigenvalue weighted by Crippen LogP contribution is 2.23. The first-order valence-corrected chi connectivity index (χ1v) is 7.74. The molecule has 0 aliphatic heterocycles. The van der Waals surface area contributed by atoms with Crippen molar-refractivity contribution in [2.45, 2.75) is 13.5 Å². The molecule has 2 rings (SSSR count). The minimum Gasteiger partial charge on any atom is -0.308 e. The van der Waals surface area contributed by atoms with Gasteiger partial charge in [-0.2, -0.15) is 5.10 Å². The summed E-state index contributed by atoms with van der Waals surface area (Å²) in [5.74, 6) is -0.0575. The number of rotatable bonds is 5. The van der Waals surface area contributed by atoms with Crippen LogP contribution in [0.25, 0.3) is 0 Å². The number of aryl methyl sites for hydroxylation is 1. The first-order valence-electron chi connectivity index (χ1n) is 6.57. The maximum Gasteiger partial charge on any atom is 0.212 e. The zero-order valence-electron chi connectivity index (χ0n) is 12.2. The van der Waals surface area contributed by atoms with Gasteiger partial charge >= 0.3 is 0 Å². The quantitative estimate of drug-likeness (QED) is 0.757. The highest BCUT2D eigenvalue weighted by molar-refractivity contribution is 9.10. The van der Waals surface area contributed by atoms with Gasteiger partial charge < -0.3 is 4.90 Å². The van der Waals surface area contributed by atoms with Crippen LogP contribution in [0.4, 0.5) is 0 Å². The predicted octanol–water partition coefficient (Wildman–Crippen LogP) is 3.40. The monoisotopic (exact) mass is 369 g/mol. The van der Waals surface area contributed by atoms with Crippen molar-refractivity contribution in [2.75, 3.05) is 20.6 Å². The van der Waals surface area contributed by atoms with E-state index in [0.29, 0.717) is 27.3 Å². The fourth-order valence-electron chi connectivity index (χ4n) is 1.98. The van der Waals surface area contributed by atoms with Gasteiger partial charge in [0, 0.05) is 17.1 Å². The van der Waals surface area contributed by atoms with Crippen molar-refractivity contribution in [2.24, 2.45) is 0 Å². The molecule has 0 spiro atoms. The van der Waals surface area contributed by atoms with Gasteiger partial charge in [0.25, 0.3) is 0 Å². The third-order valence-corrected chi connectivity index (χ3v) is 4.19. The number of halogens is 2. The first-order chi connectivity index (χ1) is 9.90. The molecular weight excluding hydrogens is 354 g/mol. The number of carbonyl (C=O) groups is 1. The number of hydrogen-bond donors (Lipinski definition) is 0. The van der Waals surface area contributed by atoms with E-state index in [-0.39, 0.29) is 5.78 Å². The van der Waals surface area contributed by atoms with Crippen molar-refractivity contribution in [3.05, 3.63) is 50.7 Å². The van der Waals surface area contributed by atoms with Crippen LogP contribution in [0.15, 0.2) is 28.9 Å². The molecule has 1 aromatic carbocycles. The SMILES string of the molecule is Cc1cc(C(=O)c2c(Br)cnn2CCN(C)C)ccc1Cl. The molecule has 1 aromatic heterocycles. The second-order valence-electron chi connectivity index (χ2n) is 5.16. The van der Waals surface area contributed by atoms with Gasteiger partial charge in [-0.1, -0.05) is 11.6 Å². The van der Waals surface area contributed by atoms with Crippen molar-refractivity contribution in [3.8, 4) is 0 Å². The standard InChI is InChI=1S/C15H17BrClN3O/c1-10-8-11(4-5-13(10)17)15(21)14-12(16)9-18-20(14)7-6-19(2)3/h4-5,8-9H,6-7H2,1-3H3. The molecule has 0 fully saturated rings. The number of ketones is 1. The topological polar surface area (TPSA) is 38.1 Å². The van der Waals surface area contributed by atoms with Gasteiger partial charge in [0.1, 0.15) is 5.69 Å². The highest BCUT2D eigenvalue weighted by Gasteiger charge is 2.19. The lowest BCUT2D eigenvalue weighted by molar-refractivity contribution is 0.102. The Hall–Kier alpha value is -1.17. The molecule has 0 aliphatic rings. The van der Waals surface area contributed by atoms with E-state index in [4.69, 9.17) is 11.6 Å². The zero-order valence-corrected chi connectivity index (χ0v) is 14.6. The Kier molecular flexibility index (Phi) is 5.19. The average Bonchev–Trinajstić information content (AvgIpc) is 2.80. The lowest BCUT2D eigenvalue weighted by Gasteiger charge is -2.12. The fourth-order valence-corrected chi connectivity index (χ4v) is 2.57. The number of nitrogens with zero attached hydrogens (tertiary/aromatic N) is 3. The van der Waals surface area contributed by atoms with E-state index in [1.54, 1.807) is 29.1 Å². The number of aromatic nitrogens is 2. The van der Waals surface area contributed by atoms with Crippen molar-refractivity contribution in [3.63, 3.8) is 0 Å². The summed E-state index contributed by atoms with van der Waals surface area (Å²) in [6.07, 6.45) is 1.66. The largest absolute Gasteiger partial charge is 0.308 e. The zero-order chi connectivity index (χ0) is 15.6. The summed E-state index contributed by atoms with van der Waals surface area (Å²) in [7, 11) is 3.98. The molecule has 0 aliphatic carbocycles. The van der Waals surface area contributed by atoms with Gasteiger partial charge in [-0.25, -0.2) is 0 Å². The lowest BCUT2D eigenvalue weighted by Crippen LogP contribution is -2.21. The van der Waals surface area contributed by atoms with Crippen LogP contribution < -0.4 is 0 Å². The smallest absolute Gasteiger partial charge is 0.212 e. The van der Waals surface area contributed by atoms with Crippen LogP contribution in [-0.4, -0.2) is 41.1 Å². The molecule has 0 unspecified atom stereocenters. The van der Waals surface area contributed by atoms with Crippen molar-refractivity contribution >= 4 is 33.3 Å². The molecule has 1 heterocycles. The van der Waals surface area contributed by atoms with Crippen LogP contribution in [-0.2, 0) is 6.54 Å². The molecule has 0 saturated carbocycles. The molecule has 0 N–H and O–H groups in total. The van der Waals surface area contributed by atoms with Crippen LogP contribution in [0.5, 0.6) is 0 Å². The summed E-state index contributed by atoms with van der Waals surface area (Å²) in [5.41, 5.74) is 2.07. The minimum atomic E-state index is -0.0575. The van der Waals surface area contributed by atoms with Crippen molar-refractivity contribution in [1.29, 1.82) is 0 Å². The van der Waals surface area contributed by atoms with Crippen LogP contribution >= 0.6 is 27.5 Å². The van der Waals surface area contributed by atoms with Gasteiger partial charge in [-0.15, -0.1) is 0 Å². The molecule has 0 amide bonds. The molecule has 112 valence electrons. The molecule has 0 bridgehead atoms. The Morgan fingerprint density at radius 2 is 2.14 bits per heavy atom. The van der Waals surface area contributed by atoms with Crippen molar-refractivity contribution in [1.82, 2.24) is 14.7 Å². The van der Waals surface area contributed by atoms with Gasteiger partial charge in [0.05, 0.1) is 17.2 Å². The molecule has 4 nitrogen and oxygen atoms in total. The lowest BCUT2D eigenvalue weighted by atomic mass is 10.1. The fraction of sp³-hybridized carbons (Fsp3) is 0.333. The van der Waals surface area contributed by atoms with Crippen LogP contribution in [0.1, 0.15) is 21.6 Å².